The molecular formula is C19H24FN3OS. The van der Waals surface area contributed by atoms with Crippen molar-refractivity contribution < 1.29 is 9.18 Å². The Morgan fingerprint density at radius 1 is 1.28 bits per heavy atom. The summed E-state index contributed by atoms with van der Waals surface area (Å²) in [5.74, 6) is -0.339. The molecule has 1 aliphatic rings. The van der Waals surface area contributed by atoms with Crippen LogP contribution in [-0.2, 0) is 12.8 Å². The van der Waals surface area contributed by atoms with Gasteiger partial charge in [-0.05, 0) is 50.9 Å². The van der Waals surface area contributed by atoms with Crippen molar-refractivity contribution in [1.82, 2.24) is 15.2 Å². The van der Waals surface area contributed by atoms with E-state index in [0.717, 1.165) is 23.7 Å². The Bertz CT molecular complexity index is 725. The Hall–Kier alpha value is -1.79. The molecule has 0 radical (unpaired) electrons. The largest absolute Gasteiger partial charge is 0.351 e. The maximum atomic E-state index is 13.6. The Kier molecular flexibility index (Phi) is 6.15. The van der Waals surface area contributed by atoms with Gasteiger partial charge in [-0.3, -0.25) is 4.79 Å². The van der Waals surface area contributed by atoms with E-state index >= 15 is 0 Å². The molecule has 2 heterocycles. The molecule has 0 atom stereocenters. The number of aromatic nitrogens is 1. The third kappa shape index (κ3) is 4.86. The number of rotatable bonds is 7. The molecule has 6 heteroatoms. The summed E-state index contributed by atoms with van der Waals surface area (Å²) in [7, 11) is 0. The van der Waals surface area contributed by atoms with Crippen LogP contribution in [0.1, 0.15) is 38.8 Å². The molecule has 0 saturated carbocycles. The summed E-state index contributed by atoms with van der Waals surface area (Å²) in [4.78, 5) is 20.0. The molecule has 1 N–H and O–H groups in total. The van der Waals surface area contributed by atoms with Crippen molar-refractivity contribution in [2.24, 2.45) is 0 Å². The molecule has 1 aliphatic heterocycles. The summed E-state index contributed by atoms with van der Waals surface area (Å²) in [6.07, 6.45) is 3.95. The topological polar surface area (TPSA) is 45.2 Å². The molecule has 0 spiro atoms. The van der Waals surface area contributed by atoms with Crippen LogP contribution in [0.2, 0.25) is 0 Å². The average molecular weight is 361 g/mol. The van der Waals surface area contributed by atoms with E-state index in [9.17, 15) is 9.18 Å². The fraction of sp³-hybridized carbons (Fsp3) is 0.474. The van der Waals surface area contributed by atoms with Gasteiger partial charge in [0.2, 0.25) is 0 Å². The minimum Gasteiger partial charge on any atom is -0.351 e. The first-order valence-electron chi connectivity index (χ1n) is 8.84. The van der Waals surface area contributed by atoms with E-state index < -0.39 is 0 Å². The molecule has 1 amide bonds. The van der Waals surface area contributed by atoms with Crippen molar-refractivity contribution in [3.63, 3.8) is 0 Å². The van der Waals surface area contributed by atoms with E-state index in [1.165, 1.54) is 43.3 Å². The second-order valence-corrected chi connectivity index (χ2v) is 7.50. The van der Waals surface area contributed by atoms with Crippen molar-refractivity contribution in [2.75, 3.05) is 26.2 Å². The highest BCUT2D eigenvalue weighted by atomic mass is 32.1. The molecule has 0 aliphatic carbocycles. The standard InChI is InChI=1S/C19H24FN3OS/c1-14-18(25-17(22-14)9-13-23-11-4-5-12-23)19(24)21-10-8-15-6-2-3-7-16(15)20/h2-3,6-7H,4-5,8-13H2,1H3,(H,21,24). The lowest BCUT2D eigenvalue weighted by molar-refractivity contribution is 0.0957. The smallest absolute Gasteiger partial charge is 0.263 e. The van der Waals surface area contributed by atoms with E-state index in [1.807, 2.05) is 6.92 Å². The maximum absolute atomic E-state index is 13.6. The number of hydrogen-bond donors (Lipinski definition) is 1. The monoisotopic (exact) mass is 361 g/mol. The van der Waals surface area contributed by atoms with E-state index in [1.54, 1.807) is 18.2 Å². The average Bonchev–Trinajstić information content (AvgIpc) is 3.24. The van der Waals surface area contributed by atoms with Gasteiger partial charge in [0.05, 0.1) is 10.7 Å². The molecule has 1 aromatic carbocycles. The number of carbonyl (C=O) groups is 1. The van der Waals surface area contributed by atoms with Crippen LogP contribution in [0.3, 0.4) is 0 Å². The van der Waals surface area contributed by atoms with Crippen LogP contribution in [0.5, 0.6) is 0 Å². The van der Waals surface area contributed by atoms with Crippen LogP contribution in [0.25, 0.3) is 0 Å². The van der Waals surface area contributed by atoms with Gasteiger partial charge in [-0.25, -0.2) is 9.37 Å². The fourth-order valence-electron chi connectivity index (χ4n) is 3.12. The van der Waals surface area contributed by atoms with Gasteiger partial charge < -0.3 is 10.2 Å². The highest BCUT2D eigenvalue weighted by molar-refractivity contribution is 7.13. The van der Waals surface area contributed by atoms with Crippen LogP contribution in [0.4, 0.5) is 4.39 Å². The van der Waals surface area contributed by atoms with Crippen molar-refractivity contribution in [1.29, 1.82) is 0 Å². The highest BCUT2D eigenvalue weighted by Crippen LogP contribution is 2.19. The van der Waals surface area contributed by atoms with Crippen LogP contribution >= 0.6 is 11.3 Å². The van der Waals surface area contributed by atoms with Crippen molar-refractivity contribution in [3.8, 4) is 0 Å². The quantitative estimate of drug-likeness (QED) is 0.824. The van der Waals surface area contributed by atoms with Gasteiger partial charge in [-0.2, -0.15) is 0 Å². The summed E-state index contributed by atoms with van der Waals surface area (Å²) in [6, 6.07) is 6.66. The number of thiazole rings is 1. The number of nitrogens with one attached hydrogen (secondary N) is 1. The molecule has 0 bridgehead atoms. The van der Waals surface area contributed by atoms with Gasteiger partial charge in [0.25, 0.3) is 5.91 Å². The Morgan fingerprint density at radius 2 is 2.04 bits per heavy atom. The lowest BCUT2D eigenvalue weighted by Crippen LogP contribution is -2.25. The molecule has 2 aromatic rings. The number of benzene rings is 1. The molecule has 1 saturated heterocycles. The molecule has 3 rings (SSSR count). The molecule has 1 fully saturated rings. The van der Waals surface area contributed by atoms with E-state index in [2.05, 4.69) is 15.2 Å². The maximum Gasteiger partial charge on any atom is 0.263 e. The first kappa shape index (κ1) is 18.0. The Morgan fingerprint density at radius 3 is 2.80 bits per heavy atom. The first-order chi connectivity index (χ1) is 12.1. The number of aryl methyl sites for hydroxylation is 1. The number of halogens is 1. The third-order valence-electron chi connectivity index (χ3n) is 4.53. The third-order valence-corrected chi connectivity index (χ3v) is 5.74. The zero-order valence-corrected chi connectivity index (χ0v) is 15.4. The number of amides is 1. The first-order valence-corrected chi connectivity index (χ1v) is 9.65. The second kappa shape index (κ2) is 8.54. The predicted octanol–water partition coefficient (Wildman–Crippen LogP) is 3.20. The van der Waals surface area contributed by atoms with E-state index in [4.69, 9.17) is 0 Å². The molecule has 134 valence electrons. The minimum absolute atomic E-state index is 0.112. The van der Waals surface area contributed by atoms with Gasteiger partial charge >= 0.3 is 0 Å². The summed E-state index contributed by atoms with van der Waals surface area (Å²) < 4.78 is 13.6. The number of hydrogen-bond acceptors (Lipinski definition) is 4. The number of nitrogens with zero attached hydrogens (tertiary/aromatic N) is 2. The molecule has 25 heavy (non-hydrogen) atoms. The lowest BCUT2D eigenvalue weighted by Gasteiger charge is -2.12. The second-order valence-electron chi connectivity index (χ2n) is 6.42. The predicted molar refractivity (Wildman–Crippen MR) is 98.7 cm³/mol. The summed E-state index contributed by atoms with van der Waals surface area (Å²) >= 11 is 1.48. The van der Waals surface area contributed by atoms with Crippen LogP contribution in [0.15, 0.2) is 24.3 Å². The van der Waals surface area contributed by atoms with Gasteiger partial charge in [0.1, 0.15) is 10.7 Å². The van der Waals surface area contributed by atoms with Crippen LogP contribution < -0.4 is 5.32 Å². The van der Waals surface area contributed by atoms with Gasteiger partial charge in [0, 0.05) is 19.5 Å². The zero-order valence-electron chi connectivity index (χ0n) is 14.6. The minimum atomic E-state index is -0.227. The summed E-state index contributed by atoms with van der Waals surface area (Å²) in [6.45, 7) is 5.66. The fourth-order valence-corrected chi connectivity index (χ4v) is 4.09. The van der Waals surface area contributed by atoms with Gasteiger partial charge in [-0.15, -0.1) is 11.3 Å². The molecular weight excluding hydrogens is 337 g/mol. The SMILES string of the molecule is Cc1nc(CCN2CCCC2)sc1C(=O)NCCc1ccccc1F. The summed E-state index contributed by atoms with van der Waals surface area (Å²) in [5, 5.41) is 3.90. The van der Waals surface area contributed by atoms with Crippen molar-refractivity contribution in [3.05, 3.63) is 51.2 Å². The van der Waals surface area contributed by atoms with Crippen LogP contribution in [-0.4, -0.2) is 42.0 Å². The summed E-state index contributed by atoms with van der Waals surface area (Å²) in [5.41, 5.74) is 1.40. The zero-order chi connectivity index (χ0) is 17.6. The molecule has 0 unspecified atom stereocenters. The van der Waals surface area contributed by atoms with Gasteiger partial charge in [-0.1, -0.05) is 18.2 Å². The van der Waals surface area contributed by atoms with E-state index in [0.29, 0.717) is 23.4 Å². The normalized spacial score (nSPS) is 14.8. The Labute approximate surface area is 152 Å². The Balaban J connectivity index is 1.50. The van der Waals surface area contributed by atoms with Gasteiger partial charge in [0.15, 0.2) is 0 Å². The van der Waals surface area contributed by atoms with Crippen molar-refractivity contribution >= 4 is 17.2 Å². The molecule has 4 nitrogen and oxygen atoms in total. The lowest BCUT2D eigenvalue weighted by atomic mass is 10.1. The highest BCUT2D eigenvalue weighted by Gasteiger charge is 2.17. The van der Waals surface area contributed by atoms with E-state index in [-0.39, 0.29) is 11.7 Å². The molecule has 1 aromatic heterocycles. The number of likely N-dealkylation sites (tertiary alicyclic amines) is 1. The van der Waals surface area contributed by atoms with Crippen LogP contribution in [0, 0.1) is 12.7 Å². The van der Waals surface area contributed by atoms with Crippen molar-refractivity contribution in [2.45, 2.75) is 32.6 Å². The number of carbonyl (C=O) groups excluding carboxylic acids is 1.